The summed E-state index contributed by atoms with van der Waals surface area (Å²) >= 11 is 0. The molecule has 10 nitrogen and oxygen atoms in total. The Morgan fingerprint density at radius 3 is 2.74 bits per heavy atom. The van der Waals surface area contributed by atoms with Gasteiger partial charge in [-0.05, 0) is 18.9 Å². The number of carbonyl (C=O) groups excluding carboxylic acids is 1. The molecule has 9 atom stereocenters. The minimum absolute atomic E-state index is 0.0183. The van der Waals surface area contributed by atoms with Gasteiger partial charge in [-0.2, -0.15) is 0 Å². The van der Waals surface area contributed by atoms with E-state index in [9.17, 15) is 30.3 Å². The normalized spacial score (nSPS) is 48.6. The number of hydrogen-bond acceptors (Lipinski definition) is 10. The molecule has 0 aromatic heterocycles. The van der Waals surface area contributed by atoms with E-state index >= 15 is 0 Å². The SMILES string of the molecule is C=C1CC[C@H]2[C@@H]1[C@@]13OC[C@]2(O)C=CC1=C(CO[C@@H]1O[C@H](CO)[C@@H](O)[C@H](O)[C@H]1O)C(=O)O3. The molecule has 6 aliphatic rings. The highest BCUT2D eigenvalue weighted by Gasteiger charge is 2.66. The van der Waals surface area contributed by atoms with Gasteiger partial charge in [0.15, 0.2) is 6.29 Å². The molecule has 0 aromatic rings. The second-order valence-corrected chi connectivity index (χ2v) is 8.85. The van der Waals surface area contributed by atoms with Gasteiger partial charge in [0.05, 0.1) is 31.3 Å². The van der Waals surface area contributed by atoms with Gasteiger partial charge in [-0.3, -0.25) is 0 Å². The zero-order chi connectivity index (χ0) is 22.1. The predicted molar refractivity (Wildman–Crippen MR) is 101 cm³/mol. The van der Waals surface area contributed by atoms with Gasteiger partial charge in [0.1, 0.15) is 30.0 Å². The fraction of sp³-hybridized carbons (Fsp3) is 0.667. The van der Waals surface area contributed by atoms with E-state index in [-0.39, 0.29) is 24.7 Å². The van der Waals surface area contributed by atoms with Crippen LogP contribution in [0.15, 0.2) is 35.5 Å². The van der Waals surface area contributed by atoms with Gasteiger partial charge in [-0.15, -0.1) is 0 Å². The topological polar surface area (TPSA) is 155 Å². The largest absolute Gasteiger partial charge is 0.424 e. The van der Waals surface area contributed by atoms with E-state index in [1.807, 2.05) is 0 Å². The molecule has 0 amide bonds. The number of esters is 1. The maximum absolute atomic E-state index is 12.8. The summed E-state index contributed by atoms with van der Waals surface area (Å²) in [7, 11) is 0. The van der Waals surface area contributed by atoms with Gasteiger partial charge in [-0.1, -0.05) is 18.2 Å². The molecule has 170 valence electrons. The Balaban J connectivity index is 1.44. The summed E-state index contributed by atoms with van der Waals surface area (Å²) in [5.41, 5.74) is 0.210. The van der Waals surface area contributed by atoms with Crippen molar-refractivity contribution in [2.45, 2.75) is 54.9 Å². The Morgan fingerprint density at radius 1 is 1.23 bits per heavy atom. The van der Waals surface area contributed by atoms with Crippen LogP contribution >= 0.6 is 0 Å². The van der Waals surface area contributed by atoms with Crippen LogP contribution in [0.5, 0.6) is 0 Å². The fourth-order valence-electron chi connectivity index (χ4n) is 5.48. The summed E-state index contributed by atoms with van der Waals surface area (Å²) in [6.07, 6.45) is -2.57. The summed E-state index contributed by atoms with van der Waals surface area (Å²) in [6.45, 7) is 3.16. The summed E-state index contributed by atoms with van der Waals surface area (Å²) in [5.74, 6) is -2.64. The third-order valence-electron chi connectivity index (χ3n) is 7.16. The van der Waals surface area contributed by atoms with Crippen molar-refractivity contribution in [3.63, 3.8) is 0 Å². The van der Waals surface area contributed by atoms with Crippen molar-refractivity contribution in [1.82, 2.24) is 0 Å². The maximum atomic E-state index is 12.8. The average molecular weight is 438 g/mol. The molecule has 10 heteroatoms. The number of carbonyl (C=O) groups is 1. The lowest BCUT2D eigenvalue weighted by atomic mass is 9.74. The molecule has 1 saturated carbocycles. The average Bonchev–Trinajstić information content (AvgIpc) is 3.19. The van der Waals surface area contributed by atoms with Gasteiger partial charge in [0.2, 0.25) is 5.79 Å². The van der Waals surface area contributed by atoms with Crippen molar-refractivity contribution in [2.75, 3.05) is 19.8 Å². The van der Waals surface area contributed by atoms with E-state index in [0.29, 0.717) is 18.4 Å². The molecule has 3 fully saturated rings. The smallest absolute Gasteiger partial charge is 0.339 e. The van der Waals surface area contributed by atoms with Crippen LogP contribution in [0.1, 0.15) is 12.8 Å². The van der Waals surface area contributed by atoms with Crippen molar-refractivity contribution < 1.29 is 49.3 Å². The summed E-state index contributed by atoms with van der Waals surface area (Å²) in [6, 6.07) is 0. The van der Waals surface area contributed by atoms with Gasteiger partial charge >= 0.3 is 5.97 Å². The number of fused-ring (bicyclic) bond motifs is 1. The summed E-state index contributed by atoms with van der Waals surface area (Å²) < 4.78 is 22.6. The predicted octanol–water partition coefficient (Wildman–Crippen LogP) is -1.73. The zero-order valence-electron chi connectivity index (χ0n) is 16.7. The Labute approximate surface area is 178 Å². The highest BCUT2D eigenvalue weighted by Crippen LogP contribution is 2.59. The van der Waals surface area contributed by atoms with E-state index in [2.05, 4.69) is 6.58 Å². The Kier molecular flexibility index (Phi) is 4.92. The lowest BCUT2D eigenvalue weighted by Gasteiger charge is -2.47. The van der Waals surface area contributed by atoms with Crippen LogP contribution in [0.3, 0.4) is 0 Å². The highest BCUT2D eigenvalue weighted by molar-refractivity contribution is 5.94. The third kappa shape index (κ3) is 2.91. The van der Waals surface area contributed by atoms with E-state index in [1.165, 1.54) is 0 Å². The molecular weight excluding hydrogens is 412 g/mol. The Bertz CT molecular complexity index is 864. The van der Waals surface area contributed by atoms with Gasteiger partial charge < -0.3 is 44.5 Å². The third-order valence-corrected chi connectivity index (χ3v) is 7.16. The minimum Gasteiger partial charge on any atom is -0.424 e. The molecule has 0 aromatic carbocycles. The molecule has 5 N–H and O–H groups in total. The molecule has 0 unspecified atom stereocenters. The molecule has 1 spiro atoms. The molecular formula is C21H26O10. The van der Waals surface area contributed by atoms with E-state index in [1.54, 1.807) is 12.2 Å². The van der Waals surface area contributed by atoms with Crippen LogP contribution in [0.4, 0.5) is 0 Å². The molecule has 2 saturated heterocycles. The van der Waals surface area contributed by atoms with Crippen LogP contribution < -0.4 is 0 Å². The molecule has 2 bridgehead atoms. The second kappa shape index (κ2) is 7.19. The van der Waals surface area contributed by atoms with Crippen LogP contribution in [0.25, 0.3) is 0 Å². The number of rotatable bonds is 4. The van der Waals surface area contributed by atoms with Gasteiger partial charge in [0, 0.05) is 11.5 Å². The number of hydrogen-bond donors (Lipinski definition) is 5. The number of ether oxygens (including phenoxy) is 4. The molecule has 2 aliphatic carbocycles. The minimum atomic E-state index is -1.59. The van der Waals surface area contributed by atoms with Crippen molar-refractivity contribution in [3.8, 4) is 0 Å². The molecule has 0 radical (unpaired) electrons. The van der Waals surface area contributed by atoms with Crippen LogP contribution in [-0.4, -0.2) is 93.4 Å². The van der Waals surface area contributed by atoms with Crippen LogP contribution in [0.2, 0.25) is 0 Å². The first-order chi connectivity index (χ1) is 14.7. The standard InChI is InChI=1S/C21H26O10/c1-9-2-3-12-14(9)21-11(4-5-20(12,27)8-29-21)10(18(26)31-21)7-28-19-17(25)16(24)15(23)13(6-22)30-19/h4-5,12-17,19,22-25,27H,1-3,6-8H2/t12-,13+,14+,15+,16-,17+,19+,20+,21+/m0/s1. The van der Waals surface area contributed by atoms with Gasteiger partial charge in [-0.25, -0.2) is 4.79 Å². The summed E-state index contributed by atoms with van der Waals surface area (Å²) in [4.78, 5) is 12.8. The summed E-state index contributed by atoms with van der Waals surface area (Å²) in [5, 5.41) is 50.4. The first kappa shape index (κ1) is 21.2. The monoisotopic (exact) mass is 438 g/mol. The lowest BCUT2D eigenvalue weighted by molar-refractivity contribution is -0.299. The fourth-order valence-corrected chi connectivity index (χ4v) is 5.48. The van der Waals surface area contributed by atoms with Crippen molar-refractivity contribution in [3.05, 3.63) is 35.5 Å². The Hall–Kier alpha value is -1.63. The molecule has 4 heterocycles. The first-order valence-corrected chi connectivity index (χ1v) is 10.3. The van der Waals surface area contributed by atoms with Crippen LogP contribution in [0, 0.1) is 11.8 Å². The molecule has 31 heavy (non-hydrogen) atoms. The molecule has 6 rings (SSSR count). The molecule has 4 aliphatic heterocycles. The maximum Gasteiger partial charge on any atom is 0.339 e. The zero-order valence-corrected chi connectivity index (χ0v) is 16.7. The quantitative estimate of drug-likeness (QED) is 0.252. The van der Waals surface area contributed by atoms with Crippen molar-refractivity contribution >= 4 is 5.97 Å². The lowest BCUT2D eigenvalue weighted by Crippen LogP contribution is -2.59. The van der Waals surface area contributed by atoms with Crippen molar-refractivity contribution in [1.29, 1.82) is 0 Å². The van der Waals surface area contributed by atoms with Crippen LogP contribution in [-0.2, 0) is 23.7 Å². The van der Waals surface area contributed by atoms with Gasteiger partial charge in [0.25, 0.3) is 0 Å². The number of aliphatic hydroxyl groups excluding tert-OH is 4. The van der Waals surface area contributed by atoms with Crippen molar-refractivity contribution in [2.24, 2.45) is 11.8 Å². The first-order valence-electron chi connectivity index (χ1n) is 10.3. The van der Waals surface area contributed by atoms with E-state index in [4.69, 9.17) is 18.9 Å². The highest BCUT2D eigenvalue weighted by atomic mass is 16.7. The second-order valence-electron chi connectivity index (χ2n) is 8.85. The van der Waals surface area contributed by atoms with E-state index in [0.717, 1.165) is 5.57 Å². The number of aliphatic hydroxyl groups is 5. The van der Waals surface area contributed by atoms with E-state index < -0.39 is 60.6 Å². The Morgan fingerprint density at radius 2 is 2.00 bits per heavy atom.